The maximum Gasteiger partial charge on any atom is 0.0489 e. The van der Waals surface area contributed by atoms with Crippen molar-refractivity contribution >= 4 is 27.3 Å². The van der Waals surface area contributed by atoms with Gasteiger partial charge >= 0.3 is 0 Å². The summed E-state index contributed by atoms with van der Waals surface area (Å²) >= 11 is 3.68. The molecule has 0 saturated carbocycles. The van der Waals surface area contributed by atoms with Gasteiger partial charge in [-0.1, -0.05) is 12.1 Å². The number of pyridine rings is 1. The van der Waals surface area contributed by atoms with Crippen molar-refractivity contribution in [3.63, 3.8) is 0 Å². The van der Waals surface area contributed by atoms with Gasteiger partial charge in [0.25, 0.3) is 0 Å². The van der Waals surface area contributed by atoms with E-state index in [0.717, 1.165) is 25.9 Å². The zero-order valence-electron chi connectivity index (χ0n) is 12.2. The summed E-state index contributed by atoms with van der Waals surface area (Å²) in [7, 11) is 0. The van der Waals surface area contributed by atoms with Crippen molar-refractivity contribution in [1.29, 1.82) is 0 Å². The molecule has 0 amide bonds. The van der Waals surface area contributed by atoms with Crippen molar-refractivity contribution in [1.82, 2.24) is 4.98 Å². The first-order valence-electron chi connectivity index (χ1n) is 7.40. The van der Waals surface area contributed by atoms with Gasteiger partial charge < -0.3 is 10.2 Å². The second kappa shape index (κ2) is 6.48. The van der Waals surface area contributed by atoms with Crippen LogP contribution in [0.2, 0.25) is 0 Å². The molecule has 4 heteroatoms. The van der Waals surface area contributed by atoms with Crippen molar-refractivity contribution in [2.24, 2.45) is 0 Å². The molecule has 1 aromatic carbocycles. The first-order valence-corrected chi connectivity index (χ1v) is 8.20. The summed E-state index contributed by atoms with van der Waals surface area (Å²) in [5.74, 6) is 0. The first-order chi connectivity index (χ1) is 10.2. The summed E-state index contributed by atoms with van der Waals surface area (Å²) in [5.41, 5.74) is 3.76. The Morgan fingerprint density at radius 2 is 1.86 bits per heavy atom. The number of hydrogen-bond donors (Lipinski definition) is 1. The highest BCUT2D eigenvalue weighted by Gasteiger charge is 2.19. The molecule has 110 valence electrons. The number of benzene rings is 1. The molecule has 21 heavy (non-hydrogen) atoms. The van der Waals surface area contributed by atoms with Crippen molar-refractivity contribution in [3.05, 3.63) is 52.8 Å². The van der Waals surface area contributed by atoms with Crippen LogP contribution in [0.1, 0.15) is 18.4 Å². The summed E-state index contributed by atoms with van der Waals surface area (Å²) in [6.45, 7) is 4.30. The van der Waals surface area contributed by atoms with Crippen LogP contribution in [-0.2, 0) is 0 Å². The largest absolute Gasteiger partial charge is 0.381 e. The predicted molar refractivity (Wildman–Crippen MR) is 92.0 cm³/mol. The third-order valence-electron chi connectivity index (χ3n) is 4.07. The Balaban J connectivity index is 1.60. The van der Waals surface area contributed by atoms with Crippen LogP contribution < -0.4 is 10.2 Å². The molecule has 3 nitrogen and oxygen atoms in total. The van der Waals surface area contributed by atoms with Crippen LogP contribution in [-0.4, -0.2) is 24.1 Å². The van der Waals surface area contributed by atoms with Gasteiger partial charge in [-0.15, -0.1) is 0 Å². The van der Waals surface area contributed by atoms with Crippen LogP contribution in [0.15, 0.2) is 47.2 Å². The van der Waals surface area contributed by atoms with E-state index in [-0.39, 0.29) is 0 Å². The second-order valence-electron chi connectivity index (χ2n) is 5.55. The van der Waals surface area contributed by atoms with E-state index in [0.29, 0.717) is 6.04 Å². The summed E-state index contributed by atoms with van der Waals surface area (Å²) in [6, 6.07) is 11.1. The number of rotatable bonds is 3. The lowest BCUT2D eigenvalue weighted by Gasteiger charge is -2.34. The molecule has 0 atom stereocenters. The quantitative estimate of drug-likeness (QED) is 0.901. The van der Waals surface area contributed by atoms with Gasteiger partial charge in [0.2, 0.25) is 0 Å². The lowest BCUT2D eigenvalue weighted by Crippen LogP contribution is -2.39. The van der Waals surface area contributed by atoms with Crippen LogP contribution >= 0.6 is 15.9 Å². The van der Waals surface area contributed by atoms with E-state index in [9.17, 15) is 0 Å². The summed E-state index contributed by atoms with van der Waals surface area (Å²) in [4.78, 5) is 6.52. The maximum absolute atomic E-state index is 4.08. The lowest BCUT2D eigenvalue weighted by molar-refractivity contribution is 0.526. The minimum atomic E-state index is 0.543. The number of halogens is 1. The molecule has 0 radical (unpaired) electrons. The number of hydrogen-bond acceptors (Lipinski definition) is 3. The van der Waals surface area contributed by atoms with Gasteiger partial charge in [-0.2, -0.15) is 0 Å². The summed E-state index contributed by atoms with van der Waals surface area (Å²) < 4.78 is 1.18. The fourth-order valence-electron chi connectivity index (χ4n) is 2.82. The van der Waals surface area contributed by atoms with Crippen LogP contribution in [0.3, 0.4) is 0 Å². The summed E-state index contributed by atoms with van der Waals surface area (Å²) in [5, 5.41) is 3.68. The fourth-order valence-corrected chi connectivity index (χ4v) is 3.19. The molecule has 0 aliphatic carbocycles. The van der Waals surface area contributed by atoms with Crippen LogP contribution in [0, 0.1) is 6.92 Å². The second-order valence-corrected chi connectivity index (χ2v) is 6.34. The molecule has 1 fully saturated rings. The van der Waals surface area contributed by atoms with E-state index in [1.165, 1.54) is 21.4 Å². The number of aryl methyl sites for hydroxylation is 1. The van der Waals surface area contributed by atoms with Crippen LogP contribution in [0.5, 0.6) is 0 Å². The summed E-state index contributed by atoms with van der Waals surface area (Å²) in [6.07, 6.45) is 6.04. The molecule has 1 saturated heterocycles. The van der Waals surface area contributed by atoms with E-state index in [4.69, 9.17) is 0 Å². The van der Waals surface area contributed by atoms with Gasteiger partial charge in [0.1, 0.15) is 0 Å². The van der Waals surface area contributed by atoms with Gasteiger partial charge in [-0.05, 0) is 59.5 Å². The van der Waals surface area contributed by atoms with Crippen molar-refractivity contribution in [2.75, 3.05) is 23.3 Å². The maximum atomic E-state index is 4.08. The molecule has 0 bridgehead atoms. The Hall–Kier alpha value is -1.55. The minimum Gasteiger partial charge on any atom is -0.381 e. The van der Waals surface area contributed by atoms with E-state index < -0.39 is 0 Å². The number of nitrogens with zero attached hydrogens (tertiary/aromatic N) is 2. The smallest absolute Gasteiger partial charge is 0.0489 e. The lowest BCUT2D eigenvalue weighted by atomic mass is 10.0. The Kier molecular flexibility index (Phi) is 4.44. The molecular weight excluding hydrogens is 326 g/mol. The molecule has 0 unspecified atom stereocenters. The zero-order valence-corrected chi connectivity index (χ0v) is 13.8. The Morgan fingerprint density at radius 1 is 1.14 bits per heavy atom. The molecule has 1 aliphatic heterocycles. The van der Waals surface area contributed by atoms with Gasteiger partial charge in [0.05, 0.1) is 0 Å². The number of piperidine rings is 1. The average molecular weight is 346 g/mol. The third kappa shape index (κ3) is 3.38. The zero-order chi connectivity index (χ0) is 14.7. The normalized spacial score (nSPS) is 16.0. The molecule has 3 rings (SSSR count). The van der Waals surface area contributed by atoms with Crippen LogP contribution in [0.4, 0.5) is 11.4 Å². The minimum absolute atomic E-state index is 0.543. The standard InChI is InChI=1S/C17H20BrN3/c1-13-3-2-4-16(17(13)18)20-14-7-11-21(12-8-14)15-5-9-19-10-6-15/h2-6,9-10,14,20H,7-8,11-12H2,1H3. The molecule has 1 aliphatic rings. The number of aromatic nitrogens is 1. The molecule has 0 spiro atoms. The molecular formula is C17H20BrN3. The Bertz CT molecular complexity index is 592. The molecule has 2 aromatic rings. The molecule has 2 heterocycles. The van der Waals surface area contributed by atoms with Crippen LogP contribution in [0.25, 0.3) is 0 Å². The number of anilines is 2. The monoisotopic (exact) mass is 345 g/mol. The van der Waals surface area contributed by atoms with Crippen molar-refractivity contribution < 1.29 is 0 Å². The molecule has 1 aromatic heterocycles. The highest BCUT2D eigenvalue weighted by molar-refractivity contribution is 9.10. The predicted octanol–water partition coefficient (Wildman–Crippen LogP) is 4.23. The third-order valence-corrected chi connectivity index (χ3v) is 5.13. The van der Waals surface area contributed by atoms with Gasteiger partial charge in [0, 0.05) is 47.4 Å². The Labute approximate surface area is 134 Å². The molecule has 1 N–H and O–H groups in total. The SMILES string of the molecule is Cc1cccc(NC2CCN(c3ccncc3)CC2)c1Br. The van der Waals surface area contributed by atoms with Gasteiger partial charge in [-0.25, -0.2) is 0 Å². The van der Waals surface area contributed by atoms with Crippen molar-refractivity contribution in [3.8, 4) is 0 Å². The van der Waals surface area contributed by atoms with E-state index in [2.05, 4.69) is 68.4 Å². The van der Waals surface area contributed by atoms with E-state index in [1.807, 2.05) is 12.4 Å². The highest BCUT2D eigenvalue weighted by atomic mass is 79.9. The van der Waals surface area contributed by atoms with Gasteiger partial charge in [-0.3, -0.25) is 4.98 Å². The fraction of sp³-hybridized carbons (Fsp3) is 0.353. The van der Waals surface area contributed by atoms with E-state index in [1.54, 1.807) is 0 Å². The Morgan fingerprint density at radius 3 is 2.57 bits per heavy atom. The van der Waals surface area contributed by atoms with Crippen molar-refractivity contribution in [2.45, 2.75) is 25.8 Å². The topological polar surface area (TPSA) is 28.2 Å². The first kappa shape index (κ1) is 14.4. The van der Waals surface area contributed by atoms with E-state index >= 15 is 0 Å². The highest BCUT2D eigenvalue weighted by Crippen LogP contribution is 2.28. The van der Waals surface area contributed by atoms with Gasteiger partial charge in [0.15, 0.2) is 0 Å². The number of nitrogens with one attached hydrogen (secondary N) is 1. The average Bonchev–Trinajstić information content (AvgIpc) is 2.53.